The number of halogens is 1. The molecule has 2 nitrogen and oxygen atoms in total. The molecule has 2 aromatic rings. The molecule has 0 heterocycles. The van der Waals surface area contributed by atoms with E-state index in [1.54, 1.807) is 6.07 Å². The topological polar surface area (TPSA) is 29.3 Å². The van der Waals surface area contributed by atoms with Crippen molar-refractivity contribution in [2.45, 2.75) is 26.8 Å². The Kier molecular flexibility index (Phi) is 4.40. The Balaban J connectivity index is 2.54. The van der Waals surface area contributed by atoms with Crippen LogP contribution in [0.25, 0.3) is 0 Å². The fourth-order valence-electron chi connectivity index (χ4n) is 2.38. The lowest BCUT2D eigenvalue weighted by Gasteiger charge is -2.27. The maximum atomic E-state index is 14.3. The van der Waals surface area contributed by atoms with Gasteiger partial charge in [0.15, 0.2) is 0 Å². The summed E-state index contributed by atoms with van der Waals surface area (Å²) >= 11 is 0. The number of hydrogen-bond acceptors (Lipinski definition) is 2. The van der Waals surface area contributed by atoms with Gasteiger partial charge >= 0.3 is 0 Å². The van der Waals surface area contributed by atoms with Crippen molar-refractivity contribution in [3.05, 3.63) is 59.4 Å². The van der Waals surface area contributed by atoms with Crippen molar-refractivity contribution in [2.75, 3.05) is 11.4 Å². The third-order valence-electron chi connectivity index (χ3n) is 3.44. The first kappa shape index (κ1) is 14.5. The summed E-state index contributed by atoms with van der Waals surface area (Å²) in [4.78, 5) is 1.97. The molecule has 0 fully saturated rings. The Labute approximate surface area is 120 Å². The van der Waals surface area contributed by atoms with Gasteiger partial charge in [-0.1, -0.05) is 29.8 Å². The van der Waals surface area contributed by atoms with Gasteiger partial charge in [0.1, 0.15) is 5.82 Å². The predicted octanol–water partition coefficient (Wildman–Crippen LogP) is 4.31. The lowest BCUT2D eigenvalue weighted by atomic mass is 10.0. The van der Waals surface area contributed by atoms with E-state index in [9.17, 15) is 4.39 Å². The highest BCUT2D eigenvalue weighted by atomic mass is 19.1. The Bertz CT molecular complexity index is 576. The molecule has 20 heavy (non-hydrogen) atoms. The first-order chi connectivity index (χ1) is 9.54. The van der Waals surface area contributed by atoms with Crippen molar-refractivity contribution in [1.82, 2.24) is 0 Å². The zero-order valence-electron chi connectivity index (χ0n) is 12.2. The number of benzene rings is 2. The van der Waals surface area contributed by atoms with Crippen molar-refractivity contribution >= 4 is 11.4 Å². The molecule has 0 aromatic heterocycles. The van der Waals surface area contributed by atoms with Crippen LogP contribution in [0.1, 0.15) is 31.0 Å². The Morgan fingerprint density at radius 2 is 1.80 bits per heavy atom. The van der Waals surface area contributed by atoms with Crippen molar-refractivity contribution in [3.8, 4) is 0 Å². The van der Waals surface area contributed by atoms with Gasteiger partial charge in [-0.3, -0.25) is 0 Å². The molecular weight excluding hydrogens is 251 g/mol. The minimum absolute atomic E-state index is 0.208. The SMILES string of the molecule is CCN(c1ccc(C)cc1)c1c(F)cccc1[C@H](C)N. The number of para-hydroxylation sites is 1. The summed E-state index contributed by atoms with van der Waals surface area (Å²) in [5.74, 6) is -0.234. The van der Waals surface area contributed by atoms with Gasteiger partial charge in [0, 0.05) is 18.3 Å². The van der Waals surface area contributed by atoms with E-state index >= 15 is 0 Å². The van der Waals surface area contributed by atoms with E-state index < -0.39 is 0 Å². The molecule has 0 aliphatic rings. The van der Waals surface area contributed by atoms with Crippen LogP contribution >= 0.6 is 0 Å². The fourth-order valence-corrected chi connectivity index (χ4v) is 2.38. The summed E-state index contributed by atoms with van der Waals surface area (Å²) < 4.78 is 14.3. The average Bonchev–Trinajstić information content (AvgIpc) is 2.43. The van der Waals surface area contributed by atoms with Crippen molar-refractivity contribution in [1.29, 1.82) is 0 Å². The average molecular weight is 272 g/mol. The maximum Gasteiger partial charge on any atom is 0.147 e. The smallest absolute Gasteiger partial charge is 0.147 e. The molecule has 0 amide bonds. The van der Waals surface area contributed by atoms with Crippen molar-refractivity contribution in [2.24, 2.45) is 5.73 Å². The molecule has 0 saturated heterocycles. The summed E-state index contributed by atoms with van der Waals surface area (Å²) in [5.41, 5.74) is 9.55. The van der Waals surface area contributed by atoms with E-state index in [1.165, 1.54) is 11.6 Å². The Morgan fingerprint density at radius 3 is 2.35 bits per heavy atom. The van der Waals surface area contributed by atoms with Crippen LogP contribution in [0.15, 0.2) is 42.5 Å². The molecule has 0 unspecified atom stereocenters. The molecule has 0 saturated carbocycles. The number of nitrogens with zero attached hydrogens (tertiary/aromatic N) is 1. The first-order valence-corrected chi connectivity index (χ1v) is 6.92. The van der Waals surface area contributed by atoms with Gasteiger partial charge in [0.05, 0.1) is 5.69 Å². The molecule has 3 heteroatoms. The van der Waals surface area contributed by atoms with Gasteiger partial charge in [0.25, 0.3) is 0 Å². The highest BCUT2D eigenvalue weighted by Crippen LogP contribution is 2.33. The first-order valence-electron chi connectivity index (χ1n) is 6.92. The molecule has 106 valence electrons. The summed E-state index contributed by atoms with van der Waals surface area (Å²) in [7, 11) is 0. The van der Waals surface area contributed by atoms with E-state index in [2.05, 4.69) is 0 Å². The van der Waals surface area contributed by atoms with Gasteiger partial charge < -0.3 is 10.6 Å². The van der Waals surface area contributed by atoms with Gasteiger partial charge in [-0.25, -0.2) is 4.39 Å². The summed E-state index contributed by atoms with van der Waals surface area (Å²) in [6.45, 7) is 6.61. The van der Waals surface area contributed by atoms with Crippen LogP contribution in [-0.2, 0) is 0 Å². The number of anilines is 2. The van der Waals surface area contributed by atoms with Crippen LogP contribution in [0.2, 0.25) is 0 Å². The number of aryl methyl sites for hydroxylation is 1. The quantitative estimate of drug-likeness (QED) is 0.898. The Morgan fingerprint density at radius 1 is 1.15 bits per heavy atom. The lowest BCUT2D eigenvalue weighted by molar-refractivity contribution is 0.620. The van der Waals surface area contributed by atoms with Gasteiger partial charge in [-0.15, -0.1) is 0 Å². The van der Waals surface area contributed by atoms with Crippen LogP contribution in [-0.4, -0.2) is 6.54 Å². The predicted molar refractivity (Wildman–Crippen MR) is 82.9 cm³/mol. The molecule has 2 N–H and O–H groups in total. The van der Waals surface area contributed by atoms with Crippen molar-refractivity contribution in [3.63, 3.8) is 0 Å². The second-order valence-electron chi connectivity index (χ2n) is 5.05. The van der Waals surface area contributed by atoms with E-state index in [4.69, 9.17) is 5.73 Å². The van der Waals surface area contributed by atoms with E-state index in [-0.39, 0.29) is 11.9 Å². The zero-order valence-corrected chi connectivity index (χ0v) is 12.2. The Hall–Kier alpha value is -1.87. The standard InChI is InChI=1S/C17H21FN2/c1-4-20(14-10-8-12(2)9-11-14)17-15(13(3)19)6-5-7-16(17)18/h5-11,13H,4,19H2,1-3H3/t13-/m0/s1. The molecular formula is C17H21FN2. The minimum Gasteiger partial charge on any atom is -0.339 e. The highest BCUT2D eigenvalue weighted by Gasteiger charge is 2.18. The van der Waals surface area contributed by atoms with Crippen LogP contribution in [0.3, 0.4) is 0 Å². The normalized spacial score (nSPS) is 12.2. The van der Waals surface area contributed by atoms with Crippen LogP contribution < -0.4 is 10.6 Å². The van der Waals surface area contributed by atoms with E-state index in [1.807, 2.05) is 56.0 Å². The van der Waals surface area contributed by atoms with Gasteiger partial charge in [-0.2, -0.15) is 0 Å². The van der Waals surface area contributed by atoms with Gasteiger partial charge in [-0.05, 0) is 44.5 Å². The maximum absolute atomic E-state index is 14.3. The second kappa shape index (κ2) is 6.06. The molecule has 0 aliphatic heterocycles. The lowest BCUT2D eigenvalue weighted by Crippen LogP contribution is -2.21. The second-order valence-corrected chi connectivity index (χ2v) is 5.05. The van der Waals surface area contributed by atoms with E-state index in [0.29, 0.717) is 12.2 Å². The van der Waals surface area contributed by atoms with Crippen LogP contribution in [0, 0.1) is 12.7 Å². The molecule has 0 radical (unpaired) electrons. The number of rotatable bonds is 4. The monoisotopic (exact) mass is 272 g/mol. The van der Waals surface area contributed by atoms with Crippen LogP contribution in [0.5, 0.6) is 0 Å². The van der Waals surface area contributed by atoms with E-state index in [0.717, 1.165) is 11.3 Å². The summed E-state index contributed by atoms with van der Waals surface area (Å²) in [5, 5.41) is 0. The molecule has 0 aliphatic carbocycles. The van der Waals surface area contributed by atoms with Gasteiger partial charge in [0.2, 0.25) is 0 Å². The largest absolute Gasteiger partial charge is 0.339 e. The third-order valence-corrected chi connectivity index (χ3v) is 3.44. The minimum atomic E-state index is -0.234. The molecule has 2 rings (SSSR count). The molecule has 0 bridgehead atoms. The number of hydrogen-bond donors (Lipinski definition) is 1. The molecule has 1 atom stereocenters. The summed E-state index contributed by atoms with van der Waals surface area (Å²) in [6, 6.07) is 13.0. The summed E-state index contributed by atoms with van der Waals surface area (Å²) in [6.07, 6.45) is 0. The third kappa shape index (κ3) is 2.83. The zero-order chi connectivity index (χ0) is 14.7. The highest BCUT2D eigenvalue weighted by molar-refractivity contribution is 5.67. The fraction of sp³-hybridized carbons (Fsp3) is 0.294. The molecule has 2 aromatic carbocycles. The number of nitrogens with two attached hydrogens (primary N) is 1. The van der Waals surface area contributed by atoms with Crippen LogP contribution in [0.4, 0.5) is 15.8 Å². The van der Waals surface area contributed by atoms with Crippen molar-refractivity contribution < 1.29 is 4.39 Å². The molecule has 0 spiro atoms.